The topological polar surface area (TPSA) is 96.3 Å². The average molecular weight is 353 g/mol. The predicted molar refractivity (Wildman–Crippen MR) is 90.6 cm³/mol. The molecule has 2 aliphatic rings. The first-order chi connectivity index (χ1) is 11.6. The van der Waals surface area contributed by atoms with E-state index in [2.05, 4.69) is 4.90 Å². The summed E-state index contributed by atoms with van der Waals surface area (Å²) in [5.41, 5.74) is -0.234. The van der Waals surface area contributed by atoms with Gasteiger partial charge in [0.1, 0.15) is 12.7 Å². The lowest BCUT2D eigenvalue weighted by Gasteiger charge is -2.26. The molecule has 140 valence electrons. The van der Waals surface area contributed by atoms with Gasteiger partial charge < -0.3 is 19.7 Å². The van der Waals surface area contributed by atoms with Gasteiger partial charge in [0.15, 0.2) is 5.60 Å². The third kappa shape index (κ3) is 4.48. The normalized spacial score (nSPS) is 26.2. The van der Waals surface area contributed by atoms with E-state index in [4.69, 9.17) is 9.47 Å². The van der Waals surface area contributed by atoms with Crippen molar-refractivity contribution >= 4 is 11.9 Å². The van der Waals surface area contributed by atoms with Crippen LogP contribution in [-0.4, -0.2) is 70.6 Å². The van der Waals surface area contributed by atoms with Crippen LogP contribution in [-0.2, 0) is 19.1 Å². The van der Waals surface area contributed by atoms with Crippen LogP contribution in [0.4, 0.5) is 0 Å². The molecule has 2 aliphatic heterocycles. The fourth-order valence-corrected chi connectivity index (χ4v) is 3.01. The van der Waals surface area contributed by atoms with Crippen molar-refractivity contribution in [2.24, 2.45) is 0 Å². The van der Waals surface area contributed by atoms with Gasteiger partial charge in [-0.05, 0) is 39.7 Å². The largest absolute Gasteiger partial charge is 0.459 e. The molecule has 0 amide bonds. The molecule has 0 aromatic carbocycles. The number of aliphatic hydroxyl groups is 2. The lowest BCUT2D eigenvalue weighted by atomic mass is 10.0. The molecular formula is C18H27NO6. The molecule has 1 saturated heterocycles. The van der Waals surface area contributed by atoms with E-state index in [1.165, 1.54) is 19.9 Å². The molecule has 0 aromatic rings. The van der Waals surface area contributed by atoms with Crippen LogP contribution in [0.25, 0.3) is 0 Å². The fraction of sp³-hybridized carbons (Fsp3) is 0.667. The van der Waals surface area contributed by atoms with Crippen molar-refractivity contribution in [1.82, 2.24) is 4.90 Å². The summed E-state index contributed by atoms with van der Waals surface area (Å²) >= 11 is 0. The van der Waals surface area contributed by atoms with E-state index in [9.17, 15) is 19.8 Å². The number of fused-ring (bicyclic) bond motifs is 1. The quantitative estimate of drug-likeness (QED) is 0.409. The molecule has 0 radical (unpaired) electrons. The Bertz CT molecular complexity index is 588. The van der Waals surface area contributed by atoms with Crippen LogP contribution in [0, 0.1) is 0 Å². The van der Waals surface area contributed by atoms with Gasteiger partial charge in [0.2, 0.25) is 0 Å². The molecule has 0 saturated carbocycles. The first-order valence-electron chi connectivity index (χ1n) is 8.49. The first kappa shape index (κ1) is 19.6. The summed E-state index contributed by atoms with van der Waals surface area (Å²) in [5.74, 6) is -1.25. The maximum absolute atomic E-state index is 12.0. The molecule has 0 spiro atoms. The van der Waals surface area contributed by atoms with Gasteiger partial charge in [-0.2, -0.15) is 0 Å². The minimum absolute atomic E-state index is 0.000431. The zero-order valence-electron chi connectivity index (χ0n) is 15.2. The number of rotatable bonds is 6. The highest BCUT2D eigenvalue weighted by molar-refractivity contribution is 5.83. The Hall–Kier alpha value is -1.70. The van der Waals surface area contributed by atoms with Crippen LogP contribution >= 0.6 is 0 Å². The molecule has 25 heavy (non-hydrogen) atoms. The van der Waals surface area contributed by atoms with Gasteiger partial charge >= 0.3 is 11.9 Å². The summed E-state index contributed by atoms with van der Waals surface area (Å²) < 4.78 is 10.7. The van der Waals surface area contributed by atoms with Crippen LogP contribution in [0.15, 0.2) is 23.3 Å². The maximum Gasteiger partial charge on any atom is 0.340 e. The van der Waals surface area contributed by atoms with E-state index in [0.717, 1.165) is 24.1 Å². The lowest BCUT2D eigenvalue weighted by Crippen LogP contribution is -2.47. The summed E-state index contributed by atoms with van der Waals surface area (Å²) in [6, 6.07) is -0.112. The molecule has 4 atom stereocenters. The van der Waals surface area contributed by atoms with E-state index in [1.54, 1.807) is 0 Å². The molecule has 2 N–H and O–H groups in total. The molecule has 0 unspecified atom stereocenters. The zero-order chi connectivity index (χ0) is 18.8. The van der Waals surface area contributed by atoms with Crippen molar-refractivity contribution in [3.63, 3.8) is 0 Å². The van der Waals surface area contributed by atoms with Crippen LogP contribution in [0.5, 0.6) is 0 Å². The van der Waals surface area contributed by atoms with E-state index < -0.39 is 17.7 Å². The highest BCUT2D eigenvalue weighted by Crippen LogP contribution is 2.31. The van der Waals surface area contributed by atoms with Crippen LogP contribution in [0.1, 0.15) is 34.1 Å². The monoisotopic (exact) mass is 353 g/mol. The van der Waals surface area contributed by atoms with E-state index in [-0.39, 0.29) is 24.7 Å². The van der Waals surface area contributed by atoms with Crippen LogP contribution < -0.4 is 0 Å². The summed E-state index contributed by atoms with van der Waals surface area (Å²) in [5, 5.41) is 19.4. The Morgan fingerprint density at radius 3 is 2.76 bits per heavy atom. The van der Waals surface area contributed by atoms with Gasteiger partial charge in [0, 0.05) is 19.2 Å². The van der Waals surface area contributed by atoms with Crippen molar-refractivity contribution in [1.29, 1.82) is 0 Å². The molecule has 7 nitrogen and oxygen atoms in total. The zero-order valence-corrected chi connectivity index (χ0v) is 15.2. The minimum atomic E-state index is -1.95. The lowest BCUT2D eigenvalue weighted by molar-refractivity contribution is -0.173. The molecular weight excluding hydrogens is 326 g/mol. The number of nitrogens with zero attached hydrogens (tertiary/aromatic N) is 1. The summed E-state index contributed by atoms with van der Waals surface area (Å²) in [4.78, 5) is 26.0. The number of ether oxygens (including phenoxy) is 2. The number of carbonyl (C=O) groups excluding carboxylic acids is 2. The molecule has 1 fully saturated rings. The number of allylic oxidation sites excluding steroid dienone is 1. The highest BCUT2D eigenvalue weighted by atomic mass is 16.6. The Labute approximate surface area is 147 Å². The summed E-state index contributed by atoms with van der Waals surface area (Å²) in [6.07, 6.45) is 2.62. The van der Waals surface area contributed by atoms with Gasteiger partial charge in [-0.3, -0.25) is 4.90 Å². The van der Waals surface area contributed by atoms with Gasteiger partial charge in [-0.15, -0.1) is 0 Å². The third-order valence-electron chi connectivity index (χ3n) is 4.69. The molecule has 7 heteroatoms. The van der Waals surface area contributed by atoms with E-state index in [0.29, 0.717) is 6.54 Å². The highest BCUT2D eigenvalue weighted by Gasteiger charge is 2.43. The van der Waals surface area contributed by atoms with Gasteiger partial charge in [-0.25, -0.2) is 9.59 Å². The summed E-state index contributed by atoms with van der Waals surface area (Å²) in [7, 11) is 0. The second kappa shape index (κ2) is 7.68. The standard InChI is InChI=1S/C18H27NO6/c1-11(2)9-15(21)25-14-6-8-19-7-5-13(16(14)19)10-24-17(22)18(4,23)12(3)20/h5,9,12,14,16,20,23H,6-8,10H2,1-4H3/t12-,14+,16+,18-/m0/s1. The number of esters is 2. The number of carbonyl (C=O) groups is 2. The third-order valence-corrected chi connectivity index (χ3v) is 4.69. The number of hydrogen-bond acceptors (Lipinski definition) is 7. The van der Waals surface area contributed by atoms with Gasteiger partial charge in [-0.1, -0.05) is 11.6 Å². The molecule has 0 aliphatic carbocycles. The van der Waals surface area contributed by atoms with Crippen LogP contribution in [0.3, 0.4) is 0 Å². The first-order valence-corrected chi connectivity index (χ1v) is 8.49. The molecule has 2 rings (SSSR count). The average Bonchev–Trinajstić information content (AvgIpc) is 3.07. The fourth-order valence-electron chi connectivity index (χ4n) is 3.01. The van der Waals surface area contributed by atoms with Gasteiger partial charge in [0.25, 0.3) is 0 Å². The number of hydrogen-bond donors (Lipinski definition) is 2. The minimum Gasteiger partial charge on any atom is -0.459 e. The smallest absolute Gasteiger partial charge is 0.340 e. The Morgan fingerprint density at radius 2 is 2.16 bits per heavy atom. The Balaban J connectivity index is 1.97. The molecule has 0 aromatic heterocycles. The molecule has 2 heterocycles. The molecule has 0 bridgehead atoms. The SMILES string of the molecule is CC(C)=CC(=O)O[C@@H]1CCN2CC=C(COC(=O)[C@@](C)(O)[C@H](C)O)[C@H]12. The van der Waals surface area contributed by atoms with Crippen molar-refractivity contribution in [2.45, 2.75) is 58.0 Å². The van der Waals surface area contributed by atoms with E-state index in [1.807, 2.05) is 19.9 Å². The van der Waals surface area contributed by atoms with E-state index >= 15 is 0 Å². The summed E-state index contributed by atoms with van der Waals surface area (Å²) in [6.45, 7) is 7.72. The Morgan fingerprint density at radius 1 is 1.48 bits per heavy atom. The van der Waals surface area contributed by atoms with Crippen molar-refractivity contribution in [3.05, 3.63) is 23.3 Å². The second-order valence-electron chi connectivity index (χ2n) is 7.10. The van der Waals surface area contributed by atoms with Crippen molar-refractivity contribution in [3.8, 4) is 0 Å². The second-order valence-corrected chi connectivity index (χ2v) is 7.10. The van der Waals surface area contributed by atoms with Crippen LogP contribution in [0.2, 0.25) is 0 Å². The Kier molecular flexibility index (Phi) is 6.03. The maximum atomic E-state index is 12.0. The predicted octanol–water partition coefficient (Wildman–Crippen LogP) is 0.554. The van der Waals surface area contributed by atoms with Gasteiger partial charge in [0.05, 0.1) is 12.1 Å². The van der Waals surface area contributed by atoms with Crippen molar-refractivity contribution in [2.75, 3.05) is 19.7 Å². The van der Waals surface area contributed by atoms with Crippen molar-refractivity contribution < 1.29 is 29.3 Å². The number of aliphatic hydroxyl groups excluding tert-OH is 1.